The maximum atomic E-state index is 12.8. The number of rotatable bonds is 5. The molecular formula is C22H25BrO6. The zero-order valence-electron chi connectivity index (χ0n) is 16.7. The van der Waals surface area contributed by atoms with E-state index < -0.39 is 11.9 Å². The summed E-state index contributed by atoms with van der Waals surface area (Å²) in [4.78, 5) is 36.7. The van der Waals surface area contributed by atoms with Crippen molar-refractivity contribution >= 4 is 33.8 Å². The van der Waals surface area contributed by atoms with E-state index >= 15 is 0 Å². The number of esters is 3. The second-order valence-corrected chi connectivity index (χ2v) is 10.7. The van der Waals surface area contributed by atoms with Crippen LogP contribution < -0.4 is 4.74 Å². The highest BCUT2D eigenvalue weighted by molar-refractivity contribution is 9.10. The highest BCUT2D eigenvalue weighted by atomic mass is 79.9. The van der Waals surface area contributed by atoms with Crippen LogP contribution in [0.15, 0.2) is 18.2 Å². The van der Waals surface area contributed by atoms with Crippen LogP contribution in [0.3, 0.4) is 0 Å². The Morgan fingerprint density at radius 3 is 2.00 bits per heavy atom. The van der Waals surface area contributed by atoms with Crippen molar-refractivity contribution in [2.24, 2.45) is 17.3 Å². The minimum absolute atomic E-state index is 0.0181. The summed E-state index contributed by atoms with van der Waals surface area (Å²) < 4.78 is 15.2. The molecule has 0 spiro atoms. The van der Waals surface area contributed by atoms with Crippen LogP contribution in [0.5, 0.6) is 5.75 Å². The van der Waals surface area contributed by atoms with Gasteiger partial charge in [0.15, 0.2) is 0 Å². The number of carbonyl (C=O) groups excluding carboxylic acids is 3. The van der Waals surface area contributed by atoms with E-state index in [2.05, 4.69) is 15.9 Å². The normalized spacial score (nSPS) is 32.0. The Bertz CT molecular complexity index is 815. The molecule has 0 radical (unpaired) electrons. The van der Waals surface area contributed by atoms with Crippen molar-refractivity contribution in [3.8, 4) is 5.75 Å². The van der Waals surface area contributed by atoms with Crippen molar-refractivity contribution in [1.82, 2.24) is 0 Å². The average Bonchev–Trinajstić information content (AvgIpc) is 2.63. The highest BCUT2D eigenvalue weighted by Gasteiger charge is 2.57. The Morgan fingerprint density at radius 1 is 0.966 bits per heavy atom. The maximum absolute atomic E-state index is 12.8. The molecular weight excluding hydrogens is 440 g/mol. The molecule has 7 heteroatoms. The van der Waals surface area contributed by atoms with Gasteiger partial charge >= 0.3 is 17.9 Å². The van der Waals surface area contributed by atoms with E-state index in [1.807, 2.05) is 0 Å². The van der Waals surface area contributed by atoms with Gasteiger partial charge in [-0.2, -0.15) is 0 Å². The van der Waals surface area contributed by atoms with E-state index in [4.69, 9.17) is 14.2 Å². The Hall–Kier alpha value is -1.89. The van der Waals surface area contributed by atoms with Crippen LogP contribution in [-0.2, 0) is 14.3 Å². The maximum Gasteiger partial charge on any atom is 0.338 e. The molecule has 2 atom stereocenters. The number of benzene rings is 1. The first-order valence-electron chi connectivity index (χ1n) is 9.94. The topological polar surface area (TPSA) is 78.9 Å². The van der Waals surface area contributed by atoms with Crippen molar-refractivity contribution in [2.75, 3.05) is 14.2 Å². The van der Waals surface area contributed by atoms with Crippen LogP contribution in [0.25, 0.3) is 0 Å². The SMILES string of the molecule is COC(=O)c1cc(OC(=O)CC23CC4CC(CC(Br)(C4)C2)C3)cc(C(=O)OC)c1. The molecule has 1 aromatic rings. The third-order valence-corrected chi connectivity index (χ3v) is 7.54. The summed E-state index contributed by atoms with van der Waals surface area (Å²) in [5.74, 6) is -0.0581. The number of hydrogen-bond donors (Lipinski definition) is 0. The summed E-state index contributed by atoms with van der Waals surface area (Å²) >= 11 is 3.96. The molecule has 4 aliphatic rings. The molecule has 0 N–H and O–H groups in total. The van der Waals surface area contributed by atoms with Gasteiger partial charge < -0.3 is 14.2 Å². The third kappa shape index (κ3) is 4.06. The number of ether oxygens (including phenoxy) is 3. The Morgan fingerprint density at radius 2 is 1.52 bits per heavy atom. The second-order valence-electron chi connectivity index (χ2n) is 8.99. The number of halogens is 1. The lowest BCUT2D eigenvalue weighted by molar-refractivity contribution is -0.141. The first-order valence-corrected chi connectivity index (χ1v) is 10.7. The van der Waals surface area contributed by atoms with Gasteiger partial charge in [-0.15, -0.1) is 0 Å². The first kappa shape index (κ1) is 20.4. The quantitative estimate of drug-likeness (QED) is 0.367. The Labute approximate surface area is 178 Å². The smallest absolute Gasteiger partial charge is 0.338 e. The van der Waals surface area contributed by atoms with Crippen LogP contribution in [0.1, 0.15) is 65.7 Å². The molecule has 5 rings (SSSR count). The summed E-state index contributed by atoms with van der Waals surface area (Å²) in [6.45, 7) is 0. The second kappa shape index (κ2) is 7.42. The van der Waals surface area contributed by atoms with E-state index in [0.717, 1.165) is 19.3 Å². The van der Waals surface area contributed by atoms with Gasteiger partial charge in [-0.3, -0.25) is 4.79 Å². The number of carbonyl (C=O) groups is 3. The predicted molar refractivity (Wildman–Crippen MR) is 108 cm³/mol. The molecule has 4 aliphatic carbocycles. The monoisotopic (exact) mass is 464 g/mol. The predicted octanol–water partition coefficient (Wildman–Crippen LogP) is 4.29. The molecule has 29 heavy (non-hydrogen) atoms. The fourth-order valence-corrected chi connectivity index (χ4v) is 7.66. The Balaban J connectivity index is 1.52. The Kier molecular flexibility index (Phi) is 5.21. The standard InChI is InChI=1S/C22H25BrO6/c1-27-19(25)15-4-16(20(26)28-2)6-17(5-15)29-18(24)11-21-7-13-3-14(8-21)10-22(23,9-13)12-21/h4-6,13-14H,3,7-12H2,1-2H3. The molecule has 4 bridgehead atoms. The van der Waals surface area contributed by atoms with Gasteiger partial charge in [-0.05, 0) is 74.0 Å². The first-order chi connectivity index (χ1) is 13.7. The van der Waals surface area contributed by atoms with Crippen LogP contribution >= 0.6 is 15.9 Å². The molecule has 0 aliphatic heterocycles. The van der Waals surface area contributed by atoms with Crippen molar-refractivity contribution in [2.45, 2.75) is 49.3 Å². The summed E-state index contributed by atoms with van der Waals surface area (Å²) in [7, 11) is 2.50. The highest BCUT2D eigenvalue weighted by Crippen LogP contribution is 2.65. The summed E-state index contributed by atoms with van der Waals surface area (Å²) in [6.07, 6.45) is 7.16. The van der Waals surface area contributed by atoms with Gasteiger partial charge in [0.2, 0.25) is 0 Å². The minimum atomic E-state index is -0.615. The van der Waals surface area contributed by atoms with E-state index in [-0.39, 0.29) is 32.6 Å². The fourth-order valence-electron chi connectivity index (χ4n) is 6.15. The molecule has 0 amide bonds. The molecule has 4 fully saturated rings. The molecule has 2 unspecified atom stereocenters. The zero-order chi connectivity index (χ0) is 20.8. The van der Waals surface area contributed by atoms with Gasteiger partial charge in [0.25, 0.3) is 0 Å². The molecule has 0 aromatic heterocycles. The van der Waals surface area contributed by atoms with Crippen LogP contribution in [0.4, 0.5) is 0 Å². The molecule has 1 aromatic carbocycles. The number of hydrogen-bond acceptors (Lipinski definition) is 6. The molecule has 0 heterocycles. The van der Waals surface area contributed by atoms with Crippen LogP contribution in [-0.4, -0.2) is 36.5 Å². The molecule has 4 saturated carbocycles. The van der Waals surface area contributed by atoms with Crippen LogP contribution in [0, 0.1) is 17.3 Å². The average molecular weight is 465 g/mol. The lowest BCUT2D eigenvalue weighted by Crippen LogP contribution is -2.53. The molecule has 156 valence electrons. The van der Waals surface area contributed by atoms with E-state index in [0.29, 0.717) is 18.3 Å². The number of methoxy groups -OCH3 is 2. The van der Waals surface area contributed by atoms with Crippen molar-refractivity contribution in [3.63, 3.8) is 0 Å². The van der Waals surface area contributed by atoms with Gasteiger partial charge in [0.05, 0.1) is 31.8 Å². The van der Waals surface area contributed by atoms with Gasteiger partial charge in [-0.1, -0.05) is 15.9 Å². The van der Waals surface area contributed by atoms with E-state index in [1.54, 1.807) is 0 Å². The van der Waals surface area contributed by atoms with Gasteiger partial charge in [0, 0.05) is 4.32 Å². The number of alkyl halides is 1. The third-order valence-electron chi connectivity index (χ3n) is 6.61. The van der Waals surface area contributed by atoms with Gasteiger partial charge in [-0.25, -0.2) is 9.59 Å². The van der Waals surface area contributed by atoms with Crippen molar-refractivity contribution in [3.05, 3.63) is 29.3 Å². The lowest BCUT2D eigenvalue weighted by Gasteiger charge is -2.60. The summed E-state index contributed by atoms with van der Waals surface area (Å²) in [5, 5.41) is 0. The minimum Gasteiger partial charge on any atom is -0.465 e. The van der Waals surface area contributed by atoms with Crippen molar-refractivity contribution in [1.29, 1.82) is 0 Å². The largest absolute Gasteiger partial charge is 0.465 e. The molecule has 6 nitrogen and oxygen atoms in total. The van der Waals surface area contributed by atoms with Gasteiger partial charge in [0.1, 0.15) is 5.75 Å². The fraction of sp³-hybridized carbons (Fsp3) is 0.591. The van der Waals surface area contributed by atoms with E-state index in [9.17, 15) is 14.4 Å². The zero-order valence-corrected chi connectivity index (χ0v) is 18.2. The summed E-state index contributed by atoms with van der Waals surface area (Å²) in [5.41, 5.74) is 0.246. The van der Waals surface area contributed by atoms with Crippen LogP contribution in [0.2, 0.25) is 0 Å². The van der Waals surface area contributed by atoms with E-state index in [1.165, 1.54) is 51.7 Å². The summed E-state index contributed by atoms with van der Waals surface area (Å²) in [6, 6.07) is 4.20. The van der Waals surface area contributed by atoms with Crippen molar-refractivity contribution < 1.29 is 28.6 Å². The molecule has 0 saturated heterocycles. The lowest BCUT2D eigenvalue weighted by atomic mass is 9.49.